The average molecular weight is 483 g/mol. The second-order valence-electron chi connectivity index (χ2n) is 7.14. The maximum atomic E-state index is 13.0. The van der Waals surface area contributed by atoms with Crippen LogP contribution >= 0.6 is 11.5 Å². The molecule has 11 nitrogen and oxygen atoms in total. The lowest BCUT2D eigenvalue weighted by Crippen LogP contribution is -2.41. The zero-order chi connectivity index (χ0) is 22.7. The normalized spacial score (nSPS) is 17.0. The van der Waals surface area contributed by atoms with Gasteiger partial charge >= 0.3 is 5.97 Å². The van der Waals surface area contributed by atoms with Gasteiger partial charge in [0.2, 0.25) is 21.6 Å². The van der Waals surface area contributed by atoms with Crippen LogP contribution in [0.4, 0.5) is 5.00 Å². The lowest BCUT2D eigenvalue weighted by molar-refractivity contribution is -0.120. The summed E-state index contributed by atoms with van der Waals surface area (Å²) in [6.45, 7) is 3.03. The monoisotopic (exact) mass is 482 g/mol. The third-order valence-electron chi connectivity index (χ3n) is 5.17. The number of carbonyl (C=O) groups excluding carboxylic acids is 2. The Bertz CT molecular complexity index is 1110. The number of esters is 1. The number of aromatic nitrogens is 2. The van der Waals surface area contributed by atoms with Gasteiger partial charge in [-0.1, -0.05) is 4.49 Å². The van der Waals surface area contributed by atoms with E-state index in [1.165, 1.54) is 16.4 Å². The number of rotatable bonds is 6. The maximum Gasteiger partial charge on any atom is 0.362 e. The minimum atomic E-state index is -3.73. The summed E-state index contributed by atoms with van der Waals surface area (Å²) in [6.07, 6.45) is 0.688. The van der Waals surface area contributed by atoms with Crippen LogP contribution < -0.4 is 14.8 Å². The number of carbonyl (C=O) groups is 2. The van der Waals surface area contributed by atoms with Gasteiger partial charge in [-0.15, -0.1) is 5.10 Å². The highest BCUT2D eigenvalue weighted by Gasteiger charge is 2.33. The number of nitrogens with zero attached hydrogens (tertiary/aromatic N) is 3. The third-order valence-corrected chi connectivity index (χ3v) is 7.71. The van der Waals surface area contributed by atoms with E-state index in [4.69, 9.17) is 14.2 Å². The van der Waals surface area contributed by atoms with Crippen LogP contribution in [-0.2, 0) is 19.6 Å². The topological polar surface area (TPSA) is 137 Å². The number of anilines is 1. The Morgan fingerprint density at radius 3 is 2.66 bits per heavy atom. The van der Waals surface area contributed by atoms with Crippen LogP contribution in [0.1, 0.15) is 30.3 Å². The smallest absolute Gasteiger partial charge is 0.362 e. The van der Waals surface area contributed by atoms with Gasteiger partial charge < -0.3 is 19.5 Å². The quantitative estimate of drug-likeness (QED) is 0.608. The van der Waals surface area contributed by atoms with Crippen molar-refractivity contribution in [2.45, 2.75) is 24.7 Å². The zero-order valence-electron chi connectivity index (χ0n) is 17.3. The summed E-state index contributed by atoms with van der Waals surface area (Å²) >= 11 is 0.887. The number of amides is 1. The third kappa shape index (κ3) is 4.54. The zero-order valence-corrected chi connectivity index (χ0v) is 18.9. The summed E-state index contributed by atoms with van der Waals surface area (Å²) in [6, 6.07) is 4.55. The van der Waals surface area contributed by atoms with Crippen molar-refractivity contribution >= 4 is 38.4 Å². The fraction of sp³-hybridized carbons (Fsp3) is 0.474. The minimum Gasteiger partial charge on any atom is -0.486 e. The lowest BCUT2D eigenvalue weighted by atomic mass is 9.97. The highest BCUT2D eigenvalue weighted by atomic mass is 32.2. The first kappa shape index (κ1) is 22.4. The fourth-order valence-electron chi connectivity index (χ4n) is 3.51. The predicted octanol–water partition coefficient (Wildman–Crippen LogP) is 1.53. The van der Waals surface area contributed by atoms with Gasteiger partial charge in [0.05, 0.1) is 11.5 Å². The van der Waals surface area contributed by atoms with Gasteiger partial charge in [-0.25, -0.2) is 13.2 Å². The molecule has 0 unspecified atom stereocenters. The first-order valence-corrected chi connectivity index (χ1v) is 12.3. The summed E-state index contributed by atoms with van der Waals surface area (Å²) in [5.74, 6) is -0.443. The van der Waals surface area contributed by atoms with Crippen molar-refractivity contribution in [2.75, 3.05) is 38.2 Å². The first-order valence-electron chi connectivity index (χ1n) is 10.1. The van der Waals surface area contributed by atoms with Crippen LogP contribution in [0.15, 0.2) is 23.1 Å². The Labute approximate surface area is 188 Å². The molecule has 32 heavy (non-hydrogen) atoms. The SMILES string of the molecule is CCOC(=O)c1nnsc1NC(=O)C1CCN(S(=O)(=O)c2ccc3c(c2)OCCO3)CC1. The highest BCUT2D eigenvalue weighted by molar-refractivity contribution is 7.89. The number of nitrogens with one attached hydrogen (secondary N) is 1. The van der Waals surface area contributed by atoms with E-state index in [-0.39, 0.29) is 41.2 Å². The summed E-state index contributed by atoms with van der Waals surface area (Å²) in [7, 11) is -3.73. The van der Waals surface area contributed by atoms with Gasteiger partial charge in [-0.2, -0.15) is 4.31 Å². The van der Waals surface area contributed by atoms with Crippen LogP contribution in [0, 0.1) is 5.92 Å². The molecule has 0 radical (unpaired) electrons. The van der Waals surface area contributed by atoms with Crippen LogP contribution in [0.2, 0.25) is 0 Å². The van der Waals surface area contributed by atoms with E-state index in [2.05, 4.69) is 14.9 Å². The van der Waals surface area contributed by atoms with Crippen molar-refractivity contribution in [3.63, 3.8) is 0 Å². The molecule has 1 aromatic heterocycles. The Morgan fingerprint density at radius 2 is 1.94 bits per heavy atom. The number of ether oxygens (including phenoxy) is 3. The van der Waals surface area contributed by atoms with E-state index in [9.17, 15) is 18.0 Å². The summed E-state index contributed by atoms with van der Waals surface area (Å²) < 4.78 is 47.0. The largest absolute Gasteiger partial charge is 0.486 e. The molecule has 3 heterocycles. The number of hydrogen-bond donors (Lipinski definition) is 1. The van der Waals surface area contributed by atoms with Crippen molar-refractivity contribution in [2.24, 2.45) is 5.92 Å². The van der Waals surface area contributed by atoms with Crippen LogP contribution in [0.3, 0.4) is 0 Å². The molecule has 1 aromatic carbocycles. The molecule has 2 aromatic rings. The van der Waals surface area contributed by atoms with Gasteiger partial charge in [0.25, 0.3) is 0 Å². The molecule has 0 bridgehead atoms. The second-order valence-corrected chi connectivity index (χ2v) is 9.84. The van der Waals surface area contributed by atoms with Crippen LogP contribution in [-0.4, -0.2) is 67.1 Å². The molecule has 1 fully saturated rings. The fourth-order valence-corrected chi connectivity index (χ4v) is 5.56. The van der Waals surface area contributed by atoms with Crippen molar-refractivity contribution in [3.8, 4) is 11.5 Å². The number of piperidine rings is 1. The molecule has 2 aliphatic rings. The van der Waals surface area contributed by atoms with Crippen molar-refractivity contribution in [1.82, 2.24) is 13.9 Å². The summed E-state index contributed by atoms with van der Waals surface area (Å²) in [5, 5.41) is 6.61. The number of hydrogen-bond acceptors (Lipinski definition) is 10. The molecular weight excluding hydrogens is 460 g/mol. The molecule has 172 valence electrons. The predicted molar refractivity (Wildman–Crippen MR) is 113 cm³/mol. The van der Waals surface area contributed by atoms with Crippen molar-refractivity contribution in [3.05, 3.63) is 23.9 Å². The van der Waals surface area contributed by atoms with E-state index < -0.39 is 21.9 Å². The Morgan fingerprint density at radius 1 is 1.22 bits per heavy atom. The van der Waals surface area contributed by atoms with Crippen molar-refractivity contribution in [1.29, 1.82) is 0 Å². The average Bonchev–Trinajstić information content (AvgIpc) is 3.27. The molecule has 0 aliphatic carbocycles. The Kier molecular flexibility index (Phi) is 6.58. The van der Waals surface area contributed by atoms with E-state index in [0.717, 1.165) is 11.5 Å². The summed E-state index contributed by atoms with van der Waals surface area (Å²) in [5.41, 5.74) is -0.0381. The first-order chi connectivity index (χ1) is 15.4. The number of benzene rings is 1. The molecule has 13 heteroatoms. The molecule has 1 amide bonds. The molecule has 0 atom stereocenters. The van der Waals surface area contributed by atoms with Gasteiger partial charge in [0.1, 0.15) is 13.2 Å². The van der Waals surface area contributed by atoms with Gasteiger partial charge in [-0.3, -0.25) is 4.79 Å². The Hall–Kier alpha value is -2.77. The molecule has 4 rings (SSSR count). The Balaban J connectivity index is 1.38. The van der Waals surface area contributed by atoms with Gasteiger partial charge in [0.15, 0.2) is 16.5 Å². The highest BCUT2D eigenvalue weighted by Crippen LogP contribution is 2.34. The molecular formula is C19H22N4O7S2. The molecule has 2 aliphatic heterocycles. The molecule has 0 saturated carbocycles. The lowest BCUT2D eigenvalue weighted by Gasteiger charge is -2.30. The van der Waals surface area contributed by atoms with E-state index in [0.29, 0.717) is 37.6 Å². The van der Waals surface area contributed by atoms with E-state index >= 15 is 0 Å². The standard InChI is InChI=1S/C19H22N4O7S2/c1-2-28-19(25)16-18(31-22-21-16)20-17(24)12-5-7-23(8-6-12)32(26,27)13-3-4-14-15(11-13)30-10-9-29-14/h3-4,11-12H,2,5-10H2,1H3,(H,20,24). The van der Waals surface area contributed by atoms with Gasteiger partial charge in [0, 0.05) is 36.6 Å². The number of fused-ring (bicyclic) bond motifs is 1. The van der Waals surface area contributed by atoms with Crippen molar-refractivity contribution < 1.29 is 32.2 Å². The maximum absolute atomic E-state index is 13.0. The molecule has 1 saturated heterocycles. The van der Waals surface area contributed by atoms with E-state index in [1.54, 1.807) is 13.0 Å². The van der Waals surface area contributed by atoms with Gasteiger partial charge in [-0.05, 0) is 31.9 Å². The van der Waals surface area contributed by atoms with Crippen LogP contribution in [0.25, 0.3) is 0 Å². The van der Waals surface area contributed by atoms with E-state index in [1.807, 2.05) is 0 Å². The van der Waals surface area contributed by atoms with Crippen LogP contribution in [0.5, 0.6) is 11.5 Å². The molecule has 1 N–H and O–H groups in total. The second kappa shape index (κ2) is 9.38. The number of sulfonamides is 1. The summed E-state index contributed by atoms with van der Waals surface area (Å²) in [4.78, 5) is 24.7. The molecule has 0 spiro atoms. The minimum absolute atomic E-state index is 0.0381.